The summed E-state index contributed by atoms with van der Waals surface area (Å²) in [5, 5.41) is 2.98. The van der Waals surface area contributed by atoms with Crippen molar-refractivity contribution in [1.29, 1.82) is 0 Å². The summed E-state index contributed by atoms with van der Waals surface area (Å²) in [5.41, 5.74) is 11.9. The summed E-state index contributed by atoms with van der Waals surface area (Å²) < 4.78 is 12.7. The molecule has 5 rings (SSSR count). The second-order valence-electron chi connectivity index (χ2n) is 8.19. The van der Waals surface area contributed by atoms with Crippen LogP contribution < -0.4 is 20.5 Å². The Morgan fingerprint density at radius 2 is 1.69 bits per heavy atom. The van der Waals surface area contributed by atoms with E-state index in [1.807, 2.05) is 61.5 Å². The first-order chi connectivity index (χ1) is 17.0. The third-order valence-electron chi connectivity index (χ3n) is 5.93. The van der Waals surface area contributed by atoms with Crippen LogP contribution in [0, 0.1) is 6.92 Å². The number of nitrogens with zero attached hydrogens (tertiary/aromatic N) is 3. The summed E-state index contributed by atoms with van der Waals surface area (Å²) in [6.45, 7) is 2.38. The average molecular weight is 468 g/mol. The van der Waals surface area contributed by atoms with Gasteiger partial charge in [0.25, 0.3) is 5.91 Å². The molecule has 0 atom stereocenters. The third kappa shape index (κ3) is 3.99. The molecule has 1 amide bonds. The highest BCUT2D eigenvalue weighted by atomic mass is 16.5. The zero-order valence-electron chi connectivity index (χ0n) is 19.7. The van der Waals surface area contributed by atoms with E-state index in [1.54, 1.807) is 30.9 Å². The van der Waals surface area contributed by atoms with Gasteiger partial charge in [0.05, 0.1) is 30.9 Å². The molecule has 0 bridgehead atoms. The molecule has 0 aliphatic carbocycles. The number of amides is 1. The molecule has 0 saturated carbocycles. The molecule has 3 N–H and O–H groups in total. The van der Waals surface area contributed by atoms with Crippen LogP contribution in [0.15, 0.2) is 66.7 Å². The predicted octanol–water partition coefficient (Wildman–Crippen LogP) is 4.41. The van der Waals surface area contributed by atoms with Crippen LogP contribution in [-0.4, -0.2) is 34.7 Å². The smallest absolute Gasteiger partial charge is 0.257 e. The van der Waals surface area contributed by atoms with Crippen molar-refractivity contribution in [2.75, 3.05) is 20.0 Å². The van der Waals surface area contributed by atoms with Gasteiger partial charge < -0.3 is 20.5 Å². The van der Waals surface area contributed by atoms with E-state index >= 15 is 0 Å². The van der Waals surface area contributed by atoms with E-state index in [9.17, 15) is 4.79 Å². The predicted molar refractivity (Wildman–Crippen MR) is 136 cm³/mol. The van der Waals surface area contributed by atoms with E-state index in [-0.39, 0.29) is 17.3 Å². The first-order valence-corrected chi connectivity index (χ1v) is 11.1. The van der Waals surface area contributed by atoms with Gasteiger partial charge in [-0.1, -0.05) is 42.0 Å². The van der Waals surface area contributed by atoms with Crippen molar-refractivity contribution in [3.8, 4) is 17.2 Å². The number of nitrogen functional groups attached to an aromatic ring is 1. The van der Waals surface area contributed by atoms with Crippen molar-refractivity contribution < 1.29 is 14.3 Å². The van der Waals surface area contributed by atoms with E-state index in [0.717, 1.165) is 11.1 Å². The minimum Gasteiger partial charge on any atom is -0.497 e. The summed E-state index contributed by atoms with van der Waals surface area (Å²) >= 11 is 0. The zero-order chi connectivity index (χ0) is 24.5. The van der Waals surface area contributed by atoms with Gasteiger partial charge in [-0.3, -0.25) is 9.36 Å². The lowest BCUT2D eigenvalue weighted by Crippen LogP contribution is -2.24. The Morgan fingerprint density at radius 1 is 0.971 bits per heavy atom. The van der Waals surface area contributed by atoms with Crippen LogP contribution in [0.25, 0.3) is 27.9 Å². The van der Waals surface area contributed by atoms with E-state index in [2.05, 4.69) is 5.32 Å². The van der Waals surface area contributed by atoms with Crippen LogP contribution in [0.5, 0.6) is 11.5 Å². The maximum absolute atomic E-state index is 13.4. The zero-order valence-corrected chi connectivity index (χ0v) is 19.7. The van der Waals surface area contributed by atoms with Crippen molar-refractivity contribution in [3.63, 3.8) is 0 Å². The number of para-hydroxylation sites is 2. The number of nitrogens with one attached hydrogen (secondary N) is 1. The van der Waals surface area contributed by atoms with Gasteiger partial charge in [0.2, 0.25) is 0 Å². The van der Waals surface area contributed by atoms with E-state index in [4.69, 9.17) is 25.2 Å². The molecule has 0 radical (unpaired) electrons. The Kier molecular flexibility index (Phi) is 5.70. The minimum atomic E-state index is -0.330. The van der Waals surface area contributed by atoms with Gasteiger partial charge in [0.1, 0.15) is 28.4 Å². The van der Waals surface area contributed by atoms with Crippen LogP contribution in [0.2, 0.25) is 0 Å². The van der Waals surface area contributed by atoms with Gasteiger partial charge in [-0.2, -0.15) is 0 Å². The molecule has 5 aromatic rings. The van der Waals surface area contributed by atoms with Crippen LogP contribution >= 0.6 is 0 Å². The van der Waals surface area contributed by atoms with Crippen molar-refractivity contribution >= 4 is 33.9 Å². The standard InChI is InChI=1S/C27H25N5O3/c1-16-8-10-17(11-9-16)15-29-27(33)23-24-26(31-20-7-5-4-6-19(20)30-24)32(25(23)28)21-13-12-18(34-2)14-22(21)35-3/h4-14H,15,28H2,1-3H3,(H,29,33). The average Bonchev–Trinajstić information content (AvgIpc) is 3.16. The number of ether oxygens (including phenoxy) is 2. The number of benzene rings is 3. The third-order valence-corrected chi connectivity index (χ3v) is 5.93. The number of nitrogens with two attached hydrogens (primary N) is 1. The van der Waals surface area contributed by atoms with Crippen LogP contribution in [0.4, 0.5) is 5.82 Å². The summed E-state index contributed by atoms with van der Waals surface area (Å²) in [6.07, 6.45) is 0. The minimum absolute atomic E-state index is 0.222. The van der Waals surface area contributed by atoms with Crippen LogP contribution in [0.3, 0.4) is 0 Å². The van der Waals surface area contributed by atoms with Crippen LogP contribution in [-0.2, 0) is 6.54 Å². The second-order valence-corrected chi connectivity index (χ2v) is 8.19. The number of anilines is 1. The van der Waals surface area contributed by atoms with Crippen molar-refractivity contribution in [3.05, 3.63) is 83.4 Å². The van der Waals surface area contributed by atoms with Gasteiger partial charge in [-0.05, 0) is 36.8 Å². The molecule has 8 nitrogen and oxygen atoms in total. The fourth-order valence-corrected chi connectivity index (χ4v) is 4.08. The first kappa shape index (κ1) is 22.2. The molecule has 0 aliphatic heterocycles. The van der Waals surface area contributed by atoms with Gasteiger partial charge >= 0.3 is 0 Å². The van der Waals surface area contributed by atoms with Crippen molar-refractivity contribution in [2.24, 2.45) is 0 Å². The Labute approximate surface area is 202 Å². The summed E-state index contributed by atoms with van der Waals surface area (Å²) in [6, 6.07) is 20.9. The topological polar surface area (TPSA) is 104 Å². The number of aryl methyl sites for hydroxylation is 1. The molecule has 35 heavy (non-hydrogen) atoms. The molecule has 176 valence electrons. The highest BCUT2D eigenvalue weighted by Crippen LogP contribution is 2.36. The fraction of sp³-hybridized carbons (Fsp3) is 0.148. The number of rotatable bonds is 6. The maximum Gasteiger partial charge on any atom is 0.257 e. The number of carbonyl (C=O) groups excluding carboxylic acids is 1. The summed E-state index contributed by atoms with van der Waals surface area (Å²) in [4.78, 5) is 23.0. The highest BCUT2D eigenvalue weighted by Gasteiger charge is 2.26. The van der Waals surface area contributed by atoms with Gasteiger partial charge in [-0.25, -0.2) is 9.97 Å². The Morgan fingerprint density at radius 3 is 2.37 bits per heavy atom. The van der Waals surface area contributed by atoms with Gasteiger partial charge in [0.15, 0.2) is 5.65 Å². The number of hydrogen-bond acceptors (Lipinski definition) is 6. The molecule has 0 aliphatic rings. The molecule has 0 fully saturated rings. The summed E-state index contributed by atoms with van der Waals surface area (Å²) in [5.74, 6) is 1.05. The number of hydrogen-bond donors (Lipinski definition) is 2. The summed E-state index contributed by atoms with van der Waals surface area (Å²) in [7, 11) is 3.15. The number of aromatic nitrogens is 3. The molecule has 8 heteroatoms. The molecule has 3 aromatic carbocycles. The second kappa shape index (κ2) is 8.98. The molecule has 2 aromatic heterocycles. The lowest BCUT2D eigenvalue weighted by Gasteiger charge is -2.13. The first-order valence-electron chi connectivity index (χ1n) is 11.1. The molecular formula is C27H25N5O3. The van der Waals surface area contributed by atoms with E-state index in [0.29, 0.717) is 45.9 Å². The normalized spacial score (nSPS) is 11.1. The number of methoxy groups -OCH3 is 2. The van der Waals surface area contributed by atoms with E-state index < -0.39 is 0 Å². The molecule has 0 saturated heterocycles. The van der Waals surface area contributed by atoms with Crippen molar-refractivity contribution in [2.45, 2.75) is 13.5 Å². The molecule has 2 heterocycles. The molecule has 0 spiro atoms. The SMILES string of the molecule is COc1ccc(-n2c(N)c(C(=O)NCc3ccc(C)cc3)c3nc4ccccc4nc32)c(OC)c1. The van der Waals surface area contributed by atoms with Gasteiger partial charge in [-0.15, -0.1) is 0 Å². The Hall–Kier alpha value is -4.59. The molecular weight excluding hydrogens is 442 g/mol. The fourth-order valence-electron chi connectivity index (χ4n) is 4.08. The maximum atomic E-state index is 13.4. The lowest BCUT2D eigenvalue weighted by atomic mass is 10.1. The monoisotopic (exact) mass is 467 g/mol. The number of fused-ring (bicyclic) bond motifs is 2. The highest BCUT2D eigenvalue weighted by molar-refractivity contribution is 6.11. The quantitative estimate of drug-likeness (QED) is 0.383. The van der Waals surface area contributed by atoms with Gasteiger partial charge in [0, 0.05) is 12.6 Å². The molecule has 0 unspecified atom stereocenters. The van der Waals surface area contributed by atoms with Crippen molar-refractivity contribution in [1.82, 2.24) is 19.9 Å². The Bertz CT molecular complexity index is 1560. The Balaban J connectivity index is 1.68. The largest absolute Gasteiger partial charge is 0.497 e. The van der Waals surface area contributed by atoms with Crippen LogP contribution in [0.1, 0.15) is 21.5 Å². The van der Waals surface area contributed by atoms with E-state index in [1.165, 1.54) is 0 Å². The lowest BCUT2D eigenvalue weighted by molar-refractivity contribution is 0.0953. The number of carbonyl (C=O) groups is 1.